The van der Waals surface area contributed by atoms with E-state index in [4.69, 9.17) is 0 Å². The molecule has 11 aromatic rings. The highest BCUT2D eigenvalue weighted by Crippen LogP contribution is 2.53. The lowest BCUT2D eigenvalue weighted by Gasteiger charge is -2.27. The Morgan fingerprint density at radius 2 is 0.892 bits per heavy atom. The summed E-state index contributed by atoms with van der Waals surface area (Å²) in [6.07, 6.45) is 0. The van der Waals surface area contributed by atoms with Crippen LogP contribution >= 0.6 is 0 Å². The number of nitrogens with zero attached hydrogens (tertiary/aromatic N) is 2. The molecule has 0 saturated carbocycles. The molecule has 0 amide bonds. The first-order valence-electron chi connectivity index (χ1n) is 22.6. The van der Waals surface area contributed by atoms with Crippen LogP contribution < -0.4 is 4.90 Å². The topological polar surface area (TPSA) is 8.17 Å². The molecule has 65 heavy (non-hydrogen) atoms. The highest BCUT2D eigenvalue weighted by Gasteiger charge is 2.37. The van der Waals surface area contributed by atoms with Gasteiger partial charge in [-0.2, -0.15) is 0 Å². The third kappa shape index (κ3) is 6.49. The predicted octanol–water partition coefficient (Wildman–Crippen LogP) is 17.2. The molecule has 1 aromatic heterocycles. The highest BCUT2D eigenvalue weighted by atomic mass is 15.1. The summed E-state index contributed by atoms with van der Waals surface area (Å²) in [5.74, 6) is 0. The smallest absolute Gasteiger partial charge is 0.0619 e. The van der Waals surface area contributed by atoms with Crippen molar-refractivity contribution in [1.29, 1.82) is 0 Å². The second kappa shape index (κ2) is 15.6. The molecule has 2 heteroatoms. The van der Waals surface area contributed by atoms with Gasteiger partial charge in [0.15, 0.2) is 0 Å². The summed E-state index contributed by atoms with van der Waals surface area (Å²) in [4.78, 5) is 2.36. The molecule has 0 spiro atoms. The molecule has 1 heterocycles. The SMILES string of the molecule is CC1(C)c2cc(-c3ccc(-c4ccc(N(c5ccccc5)c5cccc6ccccc56)cc4)cc3)ccc2-c2cc3c(-c4ccccc4)c(-c4ccccc4)n(-c4ccccc4)c3cc21. The maximum absolute atomic E-state index is 2.48. The average molecular weight is 831 g/mol. The first-order chi connectivity index (χ1) is 32.0. The molecule has 2 nitrogen and oxygen atoms in total. The number of hydrogen-bond donors (Lipinski definition) is 0. The Labute approximate surface area is 381 Å². The van der Waals surface area contributed by atoms with Crippen molar-refractivity contribution >= 4 is 38.7 Å². The summed E-state index contributed by atoms with van der Waals surface area (Å²) >= 11 is 0. The lowest BCUT2D eigenvalue weighted by molar-refractivity contribution is 0.661. The second-order valence-corrected chi connectivity index (χ2v) is 17.7. The zero-order valence-corrected chi connectivity index (χ0v) is 36.5. The number of aromatic nitrogens is 1. The van der Waals surface area contributed by atoms with E-state index < -0.39 is 0 Å². The first-order valence-corrected chi connectivity index (χ1v) is 22.6. The minimum absolute atomic E-state index is 0.207. The number of fused-ring (bicyclic) bond motifs is 5. The van der Waals surface area contributed by atoms with E-state index in [0.717, 1.165) is 22.7 Å². The van der Waals surface area contributed by atoms with E-state index in [9.17, 15) is 0 Å². The molecule has 1 aliphatic carbocycles. The van der Waals surface area contributed by atoms with Gasteiger partial charge < -0.3 is 9.47 Å². The lowest BCUT2D eigenvalue weighted by Crippen LogP contribution is -2.15. The van der Waals surface area contributed by atoms with Gasteiger partial charge in [0.1, 0.15) is 0 Å². The van der Waals surface area contributed by atoms with Crippen molar-refractivity contribution < 1.29 is 0 Å². The molecule has 0 unspecified atom stereocenters. The summed E-state index contributed by atoms with van der Waals surface area (Å²) in [6, 6.07) is 88.6. The summed E-state index contributed by atoms with van der Waals surface area (Å²) in [5.41, 5.74) is 20.7. The van der Waals surface area contributed by atoms with E-state index in [-0.39, 0.29) is 5.41 Å². The van der Waals surface area contributed by atoms with Crippen LogP contribution in [0, 0.1) is 0 Å². The fourth-order valence-corrected chi connectivity index (χ4v) is 10.4. The zero-order chi connectivity index (χ0) is 43.5. The fourth-order valence-electron chi connectivity index (χ4n) is 10.4. The molecule has 0 saturated heterocycles. The molecule has 12 rings (SSSR count). The van der Waals surface area contributed by atoms with E-state index in [1.165, 1.54) is 88.6 Å². The van der Waals surface area contributed by atoms with E-state index in [1.807, 2.05) is 0 Å². The minimum atomic E-state index is -0.207. The fraction of sp³-hybridized carbons (Fsp3) is 0.0476. The Bertz CT molecular complexity index is 3510. The molecule has 0 bridgehead atoms. The Kier molecular flexibility index (Phi) is 9.21. The molecule has 1 aliphatic rings. The lowest BCUT2D eigenvalue weighted by atomic mass is 9.81. The van der Waals surface area contributed by atoms with Crippen LogP contribution in [0.2, 0.25) is 0 Å². The Hall–Kier alpha value is -8.20. The molecular formula is C63H46N2. The third-order valence-electron chi connectivity index (χ3n) is 13.6. The molecule has 0 N–H and O–H groups in total. The maximum Gasteiger partial charge on any atom is 0.0619 e. The van der Waals surface area contributed by atoms with E-state index >= 15 is 0 Å². The summed E-state index contributed by atoms with van der Waals surface area (Å²) in [6.45, 7) is 4.79. The molecule has 0 aliphatic heterocycles. The standard InChI is InChI=1S/C63H46N2/c1-63(2)57-40-49(45-32-30-43(31-33-45)44-34-37-52(38-35-44)64(50-24-11-5-12-25-50)59-29-17-23-46-18-15-16-28-53(46)59)36-39-54(57)55-41-56-60(42-58(55)63)65(51-26-13-6-14-27-51)62(48-21-9-4-10-22-48)61(56)47-19-7-3-8-20-47/h3-42H,1-2H3. The first kappa shape index (κ1) is 38.5. The van der Waals surface area contributed by atoms with E-state index in [2.05, 4.69) is 266 Å². The highest BCUT2D eigenvalue weighted by molar-refractivity contribution is 6.09. The largest absolute Gasteiger partial charge is 0.310 e. The van der Waals surface area contributed by atoms with Crippen LogP contribution in [0.1, 0.15) is 25.0 Å². The normalized spacial score (nSPS) is 12.6. The van der Waals surface area contributed by atoms with Gasteiger partial charge in [-0.3, -0.25) is 0 Å². The number of benzene rings is 10. The molecule has 0 radical (unpaired) electrons. The van der Waals surface area contributed by atoms with Crippen molar-refractivity contribution in [2.45, 2.75) is 19.3 Å². The van der Waals surface area contributed by atoms with Crippen LogP contribution in [0.3, 0.4) is 0 Å². The number of para-hydroxylation sites is 2. The number of hydrogen-bond acceptors (Lipinski definition) is 1. The van der Waals surface area contributed by atoms with Crippen molar-refractivity contribution in [3.63, 3.8) is 0 Å². The Balaban J connectivity index is 0.909. The zero-order valence-electron chi connectivity index (χ0n) is 36.5. The van der Waals surface area contributed by atoms with Gasteiger partial charge in [-0.15, -0.1) is 0 Å². The van der Waals surface area contributed by atoms with Crippen LogP contribution in [0.15, 0.2) is 243 Å². The maximum atomic E-state index is 2.48. The third-order valence-corrected chi connectivity index (χ3v) is 13.6. The Morgan fingerprint density at radius 1 is 0.369 bits per heavy atom. The van der Waals surface area contributed by atoms with Crippen LogP contribution in [-0.2, 0) is 5.41 Å². The monoisotopic (exact) mass is 830 g/mol. The summed E-state index contributed by atoms with van der Waals surface area (Å²) < 4.78 is 2.48. The van der Waals surface area contributed by atoms with Gasteiger partial charge in [0, 0.05) is 38.8 Å². The van der Waals surface area contributed by atoms with Crippen molar-refractivity contribution in [2.24, 2.45) is 0 Å². The second-order valence-electron chi connectivity index (χ2n) is 17.7. The van der Waals surface area contributed by atoms with Gasteiger partial charge in [0.2, 0.25) is 0 Å². The van der Waals surface area contributed by atoms with Crippen molar-refractivity contribution in [1.82, 2.24) is 4.57 Å². The van der Waals surface area contributed by atoms with Crippen LogP contribution in [0.4, 0.5) is 17.1 Å². The minimum Gasteiger partial charge on any atom is -0.310 e. The van der Waals surface area contributed by atoms with E-state index in [1.54, 1.807) is 0 Å². The average Bonchev–Trinajstić information content (AvgIpc) is 3.82. The van der Waals surface area contributed by atoms with Gasteiger partial charge >= 0.3 is 0 Å². The van der Waals surface area contributed by atoms with Gasteiger partial charge in [0.25, 0.3) is 0 Å². The molecule has 10 aromatic carbocycles. The number of anilines is 3. The quantitative estimate of drug-likeness (QED) is 0.148. The van der Waals surface area contributed by atoms with Crippen LogP contribution in [-0.4, -0.2) is 4.57 Å². The predicted molar refractivity (Wildman–Crippen MR) is 275 cm³/mol. The Morgan fingerprint density at radius 3 is 1.58 bits per heavy atom. The van der Waals surface area contributed by atoms with Crippen molar-refractivity contribution in [2.75, 3.05) is 4.90 Å². The molecule has 308 valence electrons. The van der Waals surface area contributed by atoms with Gasteiger partial charge in [-0.25, -0.2) is 0 Å². The van der Waals surface area contributed by atoms with Crippen molar-refractivity contribution in [3.05, 3.63) is 254 Å². The summed E-state index contributed by atoms with van der Waals surface area (Å²) in [5, 5.41) is 3.71. The molecule has 0 atom stereocenters. The van der Waals surface area contributed by atoms with Crippen LogP contribution in [0.5, 0.6) is 0 Å². The summed E-state index contributed by atoms with van der Waals surface area (Å²) in [7, 11) is 0. The van der Waals surface area contributed by atoms with Crippen molar-refractivity contribution in [3.8, 4) is 61.5 Å². The molecule has 0 fully saturated rings. The molecular weight excluding hydrogens is 785 g/mol. The number of rotatable bonds is 8. The van der Waals surface area contributed by atoms with E-state index in [0.29, 0.717) is 0 Å². The van der Waals surface area contributed by atoms with Gasteiger partial charge in [-0.1, -0.05) is 196 Å². The van der Waals surface area contributed by atoms with Crippen LogP contribution in [0.25, 0.3) is 83.1 Å². The van der Waals surface area contributed by atoms with Gasteiger partial charge in [-0.05, 0) is 122 Å². The van der Waals surface area contributed by atoms with Gasteiger partial charge in [0.05, 0.1) is 16.9 Å².